The van der Waals surface area contributed by atoms with Crippen molar-refractivity contribution in [2.45, 2.75) is 26.2 Å². The molecule has 1 aromatic rings. The molecule has 1 amide bonds. The Labute approximate surface area is 110 Å². The average molecular weight is 269 g/mol. The highest BCUT2D eigenvalue weighted by atomic mass is 35.5. The van der Waals surface area contributed by atoms with E-state index in [2.05, 4.69) is 10.5 Å². The number of rotatable bonds is 4. The highest BCUT2D eigenvalue weighted by Crippen LogP contribution is 2.25. The first-order valence-electron chi connectivity index (χ1n) is 5.92. The van der Waals surface area contributed by atoms with Crippen LogP contribution >= 0.6 is 11.6 Å². The zero-order valence-electron chi connectivity index (χ0n) is 10.0. The van der Waals surface area contributed by atoms with Crippen LogP contribution < -0.4 is 5.43 Å². The summed E-state index contributed by atoms with van der Waals surface area (Å²) in [6.45, 7) is 2.01. The topological polar surface area (TPSA) is 41.5 Å². The number of nitrogens with one attached hydrogen (secondary N) is 1. The van der Waals surface area contributed by atoms with Crippen LogP contribution in [-0.4, -0.2) is 11.6 Å². The number of carbonyl (C=O) groups is 1. The number of hydrogen-bond donors (Lipinski definition) is 1. The van der Waals surface area contributed by atoms with E-state index in [0.717, 1.165) is 18.6 Å². The van der Waals surface area contributed by atoms with Crippen molar-refractivity contribution in [3.05, 3.63) is 34.6 Å². The van der Waals surface area contributed by atoms with Crippen LogP contribution in [0.25, 0.3) is 0 Å². The second-order valence-electron chi connectivity index (χ2n) is 4.29. The summed E-state index contributed by atoms with van der Waals surface area (Å²) >= 11 is 5.97. The molecule has 1 heterocycles. The molecular weight excluding hydrogens is 255 g/mol. The Kier molecular flexibility index (Phi) is 3.97. The molecule has 3 nitrogen and oxygen atoms in total. The summed E-state index contributed by atoms with van der Waals surface area (Å²) < 4.78 is 13.7. The second kappa shape index (κ2) is 5.48. The number of halogens is 2. The molecule has 1 unspecified atom stereocenters. The Morgan fingerprint density at radius 1 is 1.50 bits per heavy atom. The quantitative estimate of drug-likeness (QED) is 0.896. The molecule has 96 valence electrons. The zero-order valence-corrected chi connectivity index (χ0v) is 10.8. The van der Waals surface area contributed by atoms with E-state index in [0.29, 0.717) is 10.6 Å². The highest BCUT2D eigenvalue weighted by Gasteiger charge is 2.30. The fraction of sp³-hybridized carbons (Fsp3) is 0.385. The van der Waals surface area contributed by atoms with Crippen molar-refractivity contribution < 1.29 is 9.18 Å². The van der Waals surface area contributed by atoms with Crippen molar-refractivity contribution in [3.8, 4) is 0 Å². The summed E-state index contributed by atoms with van der Waals surface area (Å²) in [6, 6.07) is 4.53. The van der Waals surface area contributed by atoms with Crippen LogP contribution in [-0.2, 0) is 11.2 Å². The molecule has 0 saturated heterocycles. The average Bonchev–Trinajstić information content (AvgIpc) is 2.66. The predicted molar refractivity (Wildman–Crippen MR) is 69.1 cm³/mol. The van der Waals surface area contributed by atoms with Crippen LogP contribution in [0.5, 0.6) is 0 Å². The van der Waals surface area contributed by atoms with Crippen LogP contribution in [0, 0.1) is 11.7 Å². The van der Waals surface area contributed by atoms with E-state index in [4.69, 9.17) is 11.6 Å². The molecule has 1 aromatic carbocycles. The molecule has 18 heavy (non-hydrogen) atoms. The van der Waals surface area contributed by atoms with Crippen molar-refractivity contribution in [1.29, 1.82) is 0 Å². The van der Waals surface area contributed by atoms with Gasteiger partial charge in [0.2, 0.25) is 5.91 Å². The molecule has 0 aromatic heterocycles. The van der Waals surface area contributed by atoms with Gasteiger partial charge < -0.3 is 0 Å². The Bertz CT molecular complexity index is 482. The third kappa shape index (κ3) is 2.53. The SMILES string of the molecule is CCCC1=NNC(=O)C1Cc1c(F)cccc1Cl. The molecule has 0 aliphatic carbocycles. The normalized spacial score (nSPS) is 18.7. The highest BCUT2D eigenvalue weighted by molar-refractivity contribution is 6.31. The maximum atomic E-state index is 13.7. The standard InChI is InChI=1S/C13H14ClFN2O/c1-2-4-12-9(13(18)17-16-12)7-8-10(14)5-3-6-11(8)15/h3,5-6,9H,2,4,7H2,1H3,(H,17,18). The van der Waals surface area contributed by atoms with Gasteiger partial charge in [0.15, 0.2) is 0 Å². The summed E-state index contributed by atoms with van der Waals surface area (Å²) in [5.74, 6) is -0.963. The minimum absolute atomic E-state index is 0.183. The van der Waals surface area contributed by atoms with Crippen molar-refractivity contribution in [2.24, 2.45) is 11.0 Å². The lowest BCUT2D eigenvalue weighted by molar-refractivity contribution is -0.122. The molecule has 1 aliphatic heterocycles. The van der Waals surface area contributed by atoms with E-state index in [9.17, 15) is 9.18 Å². The van der Waals surface area contributed by atoms with Crippen LogP contribution in [0.1, 0.15) is 25.3 Å². The lowest BCUT2D eigenvalue weighted by Gasteiger charge is -2.12. The van der Waals surface area contributed by atoms with Gasteiger partial charge in [0.25, 0.3) is 0 Å². The minimum Gasteiger partial charge on any atom is -0.272 e. The molecule has 0 bridgehead atoms. The van der Waals surface area contributed by atoms with Gasteiger partial charge in [-0.3, -0.25) is 4.79 Å². The number of carbonyl (C=O) groups excluding carboxylic acids is 1. The van der Waals surface area contributed by atoms with Gasteiger partial charge in [0, 0.05) is 10.6 Å². The molecule has 0 radical (unpaired) electrons. The third-order valence-corrected chi connectivity index (χ3v) is 3.36. The van der Waals surface area contributed by atoms with Crippen molar-refractivity contribution in [1.82, 2.24) is 5.43 Å². The second-order valence-corrected chi connectivity index (χ2v) is 4.69. The summed E-state index contributed by atoms with van der Waals surface area (Å²) in [4.78, 5) is 11.7. The van der Waals surface area contributed by atoms with E-state index in [1.807, 2.05) is 6.92 Å². The fourth-order valence-electron chi connectivity index (χ4n) is 2.06. The fourth-order valence-corrected chi connectivity index (χ4v) is 2.30. The van der Waals surface area contributed by atoms with Gasteiger partial charge in [-0.05, 0) is 25.0 Å². The lowest BCUT2D eigenvalue weighted by atomic mass is 9.92. The van der Waals surface area contributed by atoms with E-state index < -0.39 is 5.92 Å². The Morgan fingerprint density at radius 2 is 2.28 bits per heavy atom. The van der Waals surface area contributed by atoms with Gasteiger partial charge in [0.1, 0.15) is 5.82 Å². The third-order valence-electron chi connectivity index (χ3n) is 3.00. The minimum atomic E-state index is -0.403. The molecular formula is C13H14ClFN2O. The van der Waals surface area contributed by atoms with Crippen molar-refractivity contribution >= 4 is 23.2 Å². The summed E-state index contributed by atoms with van der Waals surface area (Å²) in [5, 5.41) is 4.35. The molecule has 2 rings (SSSR count). The molecule has 0 fully saturated rings. The summed E-state index contributed by atoms with van der Waals surface area (Å²) in [6.07, 6.45) is 1.89. The van der Waals surface area contributed by atoms with Crippen molar-refractivity contribution in [3.63, 3.8) is 0 Å². The molecule has 1 atom stereocenters. The molecule has 1 N–H and O–H groups in total. The summed E-state index contributed by atoms with van der Waals surface area (Å²) in [5.41, 5.74) is 3.61. The summed E-state index contributed by atoms with van der Waals surface area (Å²) in [7, 11) is 0. The molecule has 1 aliphatic rings. The van der Waals surface area contributed by atoms with Gasteiger partial charge in [-0.1, -0.05) is 31.0 Å². The number of benzene rings is 1. The van der Waals surface area contributed by atoms with E-state index in [1.165, 1.54) is 6.07 Å². The number of hydrogen-bond acceptors (Lipinski definition) is 2. The molecule has 5 heteroatoms. The number of amides is 1. The van der Waals surface area contributed by atoms with Crippen LogP contribution in [0.3, 0.4) is 0 Å². The molecule has 0 spiro atoms. The van der Waals surface area contributed by atoms with Gasteiger partial charge in [-0.2, -0.15) is 5.10 Å². The van der Waals surface area contributed by atoms with E-state index in [-0.39, 0.29) is 18.1 Å². The van der Waals surface area contributed by atoms with Gasteiger partial charge in [0.05, 0.1) is 11.6 Å². The largest absolute Gasteiger partial charge is 0.272 e. The first-order chi connectivity index (χ1) is 8.63. The number of hydrazone groups is 1. The zero-order chi connectivity index (χ0) is 13.1. The monoisotopic (exact) mass is 268 g/mol. The van der Waals surface area contributed by atoms with Crippen molar-refractivity contribution in [2.75, 3.05) is 0 Å². The predicted octanol–water partition coefficient (Wildman–Crippen LogP) is 2.92. The van der Waals surface area contributed by atoms with E-state index >= 15 is 0 Å². The Morgan fingerprint density at radius 3 is 2.94 bits per heavy atom. The lowest BCUT2D eigenvalue weighted by Crippen LogP contribution is -2.25. The van der Waals surface area contributed by atoms with Crippen LogP contribution in [0.15, 0.2) is 23.3 Å². The maximum Gasteiger partial charge on any atom is 0.249 e. The van der Waals surface area contributed by atoms with Crippen LogP contribution in [0.4, 0.5) is 4.39 Å². The van der Waals surface area contributed by atoms with Crippen LogP contribution in [0.2, 0.25) is 5.02 Å². The Hall–Kier alpha value is -1.42. The maximum absolute atomic E-state index is 13.7. The van der Waals surface area contributed by atoms with Gasteiger partial charge in [-0.25, -0.2) is 9.82 Å². The van der Waals surface area contributed by atoms with Gasteiger partial charge in [-0.15, -0.1) is 0 Å². The first kappa shape index (κ1) is 13.0. The number of nitrogens with zero attached hydrogens (tertiary/aromatic N) is 1. The molecule has 0 saturated carbocycles. The smallest absolute Gasteiger partial charge is 0.249 e. The van der Waals surface area contributed by atoms with Gasteiger partial charge >= 0.3 is 0 Å². The Balaban J connectivity index is 2.22. The van der Waals surface area contributed by atoms with E-state index in [1.54, 1.807) is 12.1 Å². The first-order valence-corrected chi connectivity index (χ1v) is 6.30.